The Morgan fingerprint density at radius 2 is 2.10 bits per heavy atom. The molecule has 0 aliphatic rings. The Bertz CT molecular complexity index is 164. The average molecular weight is 138 g/mol. The third kappa shape index (κ3) is 2.53. The molecule has 0 bridgehead atoms. The molecule has 0 saturated carbocycles. The lowest BCUT2D eigenvalue weighted by molar-refractivity contribution is 0.300. The maximum absolute atomic E-state index is 5.06. The van der Waals surface area contributed by atoms with Crippen LogP contribution >= 0.6 is 0 Å². The fourth-order valence-electron chi connectivity index (χ4n) is 0.765. The molecule has 56 valence electrons. The topological polar surface area (TPSA) is 9.23 Å². The second kappa shape index (κ2) is 4.86. The normalized spacial score (nSPS) is 13.1. The minimum absolute atomic E-state index is 0.903. The third-order valence-electron chi connectivity index (χ3n) is 1.24. The van der Waals surface area contributed by atoms with E-state index >= 15 is 0 Å². The summed E-state index contributed by atoms with van der Waals surface area (Å²) in [5.41, 5.74) is 1.10. The van der Waals surface area contributed by atoms with Crippen molar-refractivity contribution in [3.05, 3.63) is 36.1 Å². The zero-order chi connectivity index (χ0) is 7.98. The molecular weight excluding hydrogens is 124 g/mol. The third-order valence-corrected chi connectivity index (χ3v) is 1.24. The molecule has 1 heteroatoms. The Labute approximate surface area is 62.7 Å². The Balaban J connectivity index is 4.30. The van der Waals surface area contributed by atoms with Crippen LogP contribution in [0, 0.1) is 0 Å². The van der Waals surface area contributed by atoms with Gasteiger partial charge in [0.05, 0.1) is 7.11 Å². The summed E-state index contributed by atoms with van der Waals surface area (Å²) in [5.74, 6) is 0.903. The largest absolute Gasteiger partial charge is 0.497 e. The van der Waals surface area contributed by atoms with Gasteiger partial charge in [-0.05, 0) is 25.5 Å². The predicted molar refractivity (Wildman–Crippen MR) is 44.7 cm³/mol. The summed E-state index contributed by atoms with van der Waals surface area (Å²) in [4.78, 5) is 0. The summed E-state index contributed by atoms with van der Waals surface area (Å²) in [6.45, 7) is 7.52. The van der Waals surface area contributed by atoms with Crippen molar-refractivity contribution < 1.29 is 4.74 Å². The predicted octanol–water partition coefficient (Wildman–Crippen LogP) is 2.67. The van der Waals surface area contributed by atoms with Gasteiger partial charge in [0.15, 0.2) is 0 Å². The Morgan fingerprint density at radius 1 is 1.50 bits per heavy atom. The van der Waals surface area contributed by atoms with Crippen LogP contribution in [0.15, 0.2) is 36.1 Å². The number of methoxy groups -OCH3 is 1. The van der Waals surface area contributed by atoms with Crippen LogP contribution in [0.5, 0.6) is 0 Å². The van der Waals surface area contributed by atoms with Crippen molar-refractivity contribution in [3.8, 4) is 0 Å². The molecule has 0 aliphatic heterocycles. The molecule has 0 atom stereocenters. The lowest BCUT2D eigenvalue weighted by Crippen LogP contribution is -1.86. The van der Waals surface area contributed by atoms with E-state index in [-0.39, 0.29) is 0 Å². The van der Waals surface area contributed by atoms with Crippen LogP contribution in [0.25, 0.3) is 0 Å². The zero-order valence-corrected chi connectivity index (χ0v) is 6.85. The molecule has 0 heterocycles. The van der Waals surface area contributed by atoms with Crippen molar-refractivity contribution in [1.29, 1.82) is 0 Å². The van der Waals surface area contributed by atoms with Gasteiger partial charge in [0.2, 0.25) is 0 Å². The summed E-state index contributed by atoms with van der Waals surface area (Å²) in [6.07, 6.45) is 5.59. The van der Waals surface area contributed by atoms with E-state index in [0.717, 1.165) is 11.3 Å². The van der Waals surface area contributed by atoms with Gasteiger partial charge in [-0.2, -0.15) is 0 Å². The van der Waals surface area contributed by atoms with E-state index in [0.29, 0.717) is 0 Å². The van der Waals surface area contributed by atoms with Crippen molar-refractivity contribution in [3.63, 3.8) is 0 Å². The van der Waals surface area contributed by atoms with Gasteiger partial charge in [-0.1, -0.05) is 18.7 Å². The smallest absolute Gasteiger partial charge is 0.117 e. The molecule has 0 saturated heterocycles. The molecule has 0 aromatic carbocycles. The van der Waals surface area contributed by atoms with Gasteiger partial charge in [-0.25, -0.2) is 0 Å². The highest BCUT2D eigenvalue weighted by Crippen LogP contribution is 2.08. The second-order valence-electron chi connectivity index (χ2n) is 1.94. The van der Waals surface area contributed by atoms with Crippen molar-refractivity contribution in [2.45, 2.75) is 13.8 Å². The summed E-state index contributed by atoms with van der Waals surface area (Å²) >= 11 is 0. The van der Waals surface area contributed by atoms with Crippen LogP contribution in [-0.4, -0.2) is 7.11 Å². The second-order valence-corrected chi connectivity index (χ2v) is 1.94. The molecule has 0 amide bonds. The summed E-state index contributed by atoms with van der Waals surface area (Å²) in [6, 6.07) is 0. The quantitative estimate of drug-likeness (QED) is 0.430. The van der Waals surface area contributed by atoms with Gasteiger partial charge >= 0.3 is 0 Å². The van der Waals surface area contributed by atoms with Gasteiger partial charge in [-0.3, -0.25) is 0 Å². The van der Waals surface area contributed by atoms with E-state index in [1.807, 2.05) is 26.0 Å². The van der Waals surface area contributed by atoms with Crippen LogP contribution in [-0.2, 0) is 4.74 Å². The van der Waals surface area contributed by atoms with E-state index < -0.39 is 0 Å². The Morgan fingerprint density at radius 3 is 2.40 bits per heavy atom. The van der Waals surface area contributed by atoms with Crippen molar-refractivity contribution in [1.82, 2.24) is 0 Å². The molecule has 0 fully saturated rings. The maximum atomic E-state index is 5.06. The Hall–Kier alpha value is -0.980. The fraction of sp³-hybridized carbons (Fsp3) is 0.333. The van der Waals surface area contributed by atoms with E-state index in [1.165, 1.54) is 0 Å². The molecule has 0 rings (SSSR count). The zero-order valence-electron chi connectivity index (χ0n) is 6.85. The molecule has 0 N–H and O–H groups in total. The summed E-state index contributed by atoms with van der Waals surface area (Å²) < 4.78 is 5.06. The fourth-order valence-corrected chi connectivity index (χ4v) is 0.765. The summed E-state index contributed by atoms with van der Waals surface area (Å²) in [7, 11) is 1.66. The van der Waals surface area contributed by atoms with Gasteiger partial charge in [0.1, 0.15) is 5.76 Å². The monoisotopic (exact) mass is 138 g/mol. The number of hydrogen-bond acceptors (Lipinski definition) is 1. The first-order chi connectivity index (χ1) is 4.76. The van der Waals surface area contributed by atoms with Gasteiger partial charge in [0, 0.05) is 0 Å². The van der Waals surface area contributed by atoms with E-state index in [4.69, 9.17) is 4.74 Å². The minimum atomic E-state index is 0.903. The molecule has 0 aliphatic carbocycles. The lowest BCUT2D eigenvalue weighted by atomic mass is 10.2. The van der Waals surface area contributed by atoms with E-state index in [9.17, 15) is 0 Å². The molecule has 1 nitrogen and oxygen atoms in total. The molecule has 0 aromatic rings. The molecular formula is C9H14O. The highest BCUT2D eigenvalue weighted by molar-refractivity contribution is 5.26. The molecule has 0 aromatic heterocycles. The van der Waals surface area contributed by atoms with Crippen molar-refractivity contribution in [2.75, 3.05) is 7.11 Å². The standard InChI is InChI=1S/C9H14O/c1-5-7-8(3)9(6-2)10-4/h5-7H,1H2,2-4H3/b8-7-,9-6+. The first-order valence-electron chi connectivity index (χ1n) is 3.26. The van der Waals surface area contributed by atoms with Crippen LogP contribution in [0.1, 0.15) is 13.8 Å². The van der Waals surface area contributed by atoms with Crippen LogP contribution in [0.3, 0.4) is 0 Å². The van der Waals surface area contributed by atoms with Crippen LogP contribution in [0.2, 0.25) is 0 Å². The Kier molecular flexibility index (Phi) is 4.38. The molecule has 0 spiro atoms. The summed E-state index contributed by atoms with van der Waals surface area (Å²) in [5, 5.41) is 0. The first-order valence-corrected chi connectivity index (χ1v) is 3.26. The van der Waals surface area contributed by atoms with Crippen LogP contribution in [0.4, 0.5) is 0 Å². The number of allylic oxidation sites excluding steroid dienone is 4. The number of hydrogen-bond donors (Lipinski definition) is 0. The number of ether oxygens (including phenoxy) is 1. The minimum Gasteiger partial charge on any atom is -0.497 e. The highest BCUT2D eigenvalue weighted by Gasteiger charge is 1.93. The highest BCUT2D eigenvalue weighted by atomic mass is 16.5. The van der Waals surface area contributed by atoms with E-state index in [1.54, 1.807) is 13.2 Å². The maximum Gasteiger partial charge on any atom is 0.117 e. The van der Waals surface area contributed by atoms with Crippen LogP contribution < -0.4 is 0 Å². The SMILES string of the molecule is C=C/C=C(C)\C(=C/C)OC. The molecule has 0 unspecified atom stereocenters. The molecule has 10 heavy (non-hydrogen) atoms. The lowest BCUT2D eigenvalue weighted by Gasteiger charge is -2.03. The first kappa shape index (κ1) is 9.02. The van der Waals surface area contributed by atoms with Gasteiger partial charge in [-0.15, -0.1) is 0 Å². The molecule has 0 radical (unpaired) electrons. The van der Waals surface area contributed by atoms with Crippen molar-refractivity contribution >= 4 is 0 Å². The van der Waals surface area contributed by atoms with Crippen molar-refractivity contribution in [2.24, 2.45) is 0 Å². The average Bonchev–Trinajstić information content (AvgIpc) is 1.91. The number of rotatable bonds is 3. The van der Waals surface area contributed by atoms with Gasteiger partial charge < -0.3 is 4.74 Å². The van der Waals surface area contributed by atoms with Gasteiger partial charge in [0.25, 0.3) is 0 Å². The van der Waals surface area contributed by atoms with E-state index in [2.05, 4.69) is 6.58 Å².